The molecule has 0 bridgehead atoms. The van der Waals surface area contributed by atoms with Gasteiger partial charge in [0.15, 0.2) is 10.8 Å². The Labute approximate surface area is 115 Å². The first-order valence-corrected chi connectivity index (χ1v) is 7.29. The zero-order valence-corrected chi connectivity index (χ0v) is 11.9. The zero-order chi connectivity index (χ0) is 13.4. The Morgan fingerprint density at radius 2 is 2.26 bits per heavy atom. The second kappa shape index (κ2) is 4.79. The van der Waals surface area contributed by atoms with Crippen molar-refractivity contribution in [2.45, 2.75) is 32.7 Å². The van der Waals surface area contributed by atoms with Crippen molar-refractivity contribution in [1.29, 1.82) is 0 Å². The fourth-order valence-corrected chi connectivity index (χ4v) is 2.85. The minimum Gasteiger partial charge on any atom is -0.327 e. The third kappa shape index (κ3) is 2.17. The van der Waals surface area contributed by atoms with E-state index in [1.54, 1.807) is 11.3 Å². The number of nitrogens with two attached hydrogens (primary N) is 1. The Kier molecular flexibility index (Phi) is 3.12. The smallest absolute Gasteiger partial charge is 0.195 e. The van der Waals surface area contributed by atoms with E-state index in [2.05, 4.69) is 21.4 Å². The van der Waals surface area contributed by atoms with Crippen LogP contribution in [0.5, 0.6) is 0 Å². The first-order valence-electron chi connectivity index (χ1n) is 6.41. The van der Waals surface area contributed by atoms with E-state index in [1.807, 2.05) is 35.4 Å². The Morgan fingerprint density at radius 3 is 2.95 bits per heavy atom. The van der Waals surface area contributed by atoms with Crippen molar-refractivity contribution in [3.05, 3.63) is 35.2 Å². The Morgan fingerprint density at radius 1 is 1.42 bits per heavy atom. The van der Waals surface area contributed by atoms with Gasteiger partial charge in [-0.15, -0.1) is 11.3 Å². The Balaban J connectivity index is 2.12. The maximum Gasteiger partial charge on any atom is 0.195 e. The number of thiazole rings is 1. The third-order valence-electron chi connectivity index (χ3n) is 3.26. The van der Waals surface area contributed by atoms with E-state index < -0.39 is 0 Å². The van der Waals surface area contributed by atoms with Crippen LogP contribution < -0.4 is 5.73 Å². The van der Waals surface area contributed by atoms with Crippen LogP contribution >= 0.6 is 11.3 Å². The van der Waals surface area contributed by atoms with Crippen molar-refractivity contribution >= 4 is 16.3 Å². The lowest BCUT2D eigenvalue weighted by molar-refractivity contribution is 0.629. The van der Waals surface area contributed by atoms with Gasteiger partial charge in [-0.1, -0.05) is 6.92 Å². The highest BCUT2D eigenvalue weighted by Crippen LogP contribution is 2.21. The zero-order valence-electron chi connectivity index (χ0n) is 11.1. The molecule has 0 aliphatic carbocycles. The highest BCUT2D eigenvalue weighted by Gasteiger charge is 2.17. The maximum absolute atomic E-state index is 6.11. The van der Waals surface area contributed by atoms with Crippen molar-refractivity contribution in [2.24, 2.45) is 5.73 Å². The molecule has 3 heterocycles. The molecule has 5 nitrogen and oxygen atoms in total. The molecule has 0 aliphatic rings. The van der Waals surface area contributed by atoms with Gasteiger partial charge in [-0.3, -0.25) is 4.40 Å². The normalized spacial score (nSPS) is 13.2. The molecule has 0 radical (unpaired) electrons. The summed E-state index contributed by atoms with van der Waals surface area (Å²) in [6, 6.07) is 2.13. The average Bonchev–Trinajstić information content (AvgIpc) is 3.06. The third-order valence-corrected chi connectivity index (χ3v) is 4.02. The number of nitrogens with zero attached hydrogens (tertiary/aromatic N) is 4. The van der Waals surface area contributed by atoms with Gasteiger partial charge in [-0.2, -0.15) is 10.1 Å². The second-order valence-electron chi connectivity index (χ2n) is 4.71. The lowest BCUT2D eigenvalue weighted by Crippen LogP contribution is -2.23. The first-order chi connectivity index (χ1) is 9.19. The van der Waals surface area contributed by atoms with Crippen LogP contribution in [0.15, 0.2) is 23.8 Å². The summed E-state index contributed by atoms with van der Waals surface area (Å²) in [7, 11) is 0. The summed E-state index contributed by atoms with van der Waals surface area (Å²) in [4.78, 5) is 5.66. The lowest BCUT2D eigenvalue weighted by atomic mass is 10.1. The highest BCUT2D eigenvalue weighted by molar-refractivity contribution is 7.15. The van der Waals surface area contributed by atoms with Crippen molar-refractivity contribution in [3.63, 3.8) is 0 Å². The van der Waals surface area contributed by atoms with Crippen LogP contribution in [-0.4, -0.2) is 25.2 Å². The van der Waals surface area contributed by atoms with Crippen LogP contribution in [0.25, 0.3) is 10.8 Å². The van der Waals surface area contributed by atoms with Gasteiger partial charge in [0.1, 0.15) is 0 Å². The minimum absolute atomic E-state index is 0.148. The quantitative estimate of drug-likeness (QED) is 0.793. The largest absolute Gasteiger partial charge is 0.327 e. The van der Waals surface area contributed by atoms with Gasteiger partial charge in [0.2, 0.25) is 0 Å². The van der Waals surface area contributed by atoms with E-state index in [0.29, 0.717) is 0 Å². The summed E-state index contributed by atoms with van der Waals surface area (Å²) >= 11 is 1.63. The fourth-order valence-electron chi connectivity index (χ4n) is 2.12. The van der Waals surface area contributed by atoms with Gasteiger partial charge in [0.25, 0.3) is 0 Å². The summed E-state index contributed by atoms with van der Waals surface area (Å²) in [5.41, 5.74) is 8.23. The van der Waals surface area contributed by atoms with E-state index in [9.17, 15) is 0 Å². The SMILES string of the molecule is CCC(N)Cc1c(-n2ccc(C)n2)nc2sccn12. The van der Waals surface area contributed by atoms with Gasteiger partial charge in [0.05, 0.1) is 11.4 Å². The molecule has 0 saturated heterocycles. The van der Waals surface area contributed by atoms with Crippen LogP contribution in [0.4, 0.5) is 0 Å². The number of aromatic nitrogens is 4. The maximum atomic E-state index is 6.11. The van der Waals surface area contributed by atoms with Gasteiger partial charge in [-0.05, 0) is 19.4 Å². The molecule has 0 amide bonds. The molecule has 0 saturated carbocycles. The molecule has 0 aromatic carbocycles. The number of aryl methyl sites for hydroxylation is 1. The molecule has 2 N–H and O–H groups in total. The average molecular weight is 275 g/mol. The molecular formula is C13H17N5S. The number of imidazole rings is 1. The first kappa shape index (κ1) is 12.4. The molecule has 3 aromatic heterocycles. The number of fused-ring (bicyclic) bond motifs is 1. The van der Waals surface area contributed by atoms with Crippen LogP contribution in [0.3, 0.4) is 0 Å². The van der Waals surface area contributed by atoms with E-state index in [-0.39, 0.29) is 6.04 Å². The van der Waals surface area contributed by atoms with E-state index in [0.717, 1.165) is 35.0 Å². The highest BCUT2D eigenvalue weighted by atomic mass is 32.1. The predicted octanol–water partition coefficient (Wildman–Crippen LogP) is 2.17. The molecule has 3 aromatic rings. The van der Waals surface area contributed by atoms with Crippen LogP contribution in [0.1, 0.15) is 24.7 Å². The van der Waals surface area contributed by atoms with Gasteiger partial charge in [-0.25, -0.2) is 4.68 Å². The molecular weight excluding hydrogens is 258 g/mol. The lowest BCUT2D eigenvalue weighted by Gasteiger charge is -2.09. The molecule has 1 unspecified atom stereocenters. The van der Waals surface area contributed by atoms with Crippen LogP contribution in [0, 0.1) is 6.92 Å². The van der Waals surface area contributed by atoms with Gasteiger partial charge < -0.3 is 5.73 Å². The van der Waals surface area contributed by atoms with Gasteiger partial charge >= 0.3 is 0 Å². The van der Waals surface area contributed by atoms with Crippen molar-refractivity contribution in [3.8, 4) is 5.82 Å². The Hall–Kier alpha value is -1.66. The molecule has 19 heavy (non-hydrogen) atoms. The summed E-state index contributed by atoms with van der Waals surface area (Å²) in [6.45, 7) is 4.08. The minimum atomic E-state index is 0.148. The summed E-state index contributed by atoms with van der Waals surface area (Å²) in [5, 5.41) is 6.50. The molecule has 0 spiro atoms. The predicted molar refractivity (Wildman–Crippen MR) is 76.9 cm³/mol. The van der Waals surface area contributed by atoms with Crippen molar-refractivity contribution in [2.75, 3.05) is 0 Å². The summed E-state index contributed by atoms with van der Waals surface area (Å²) in [6.07, 6.45) is 5.75. The van der Waals surface area contributed by atoms with E-state index >= 15 is 0 Å². The van der Waals surface area contributed by atoms with Crippen molar-refractivity contribution in [1.82, 2.24) is 19.2 Å². The van der Waals surface area contributed by atoms with Crippen LogP contribution in [-0.2, 0) is 6.42 Å². The van der Waals surface area contributed by atoms with Crippen molar-refractivity contribution < 1.29 is 0 Å². The Bertz CT molecular complexity index is 693. The topological polar surface area (TPSA) is 61.1 Å². The molecule has 0 aliphatic heterocycles. The molecule has 6 heteroatoms. The fraction of sp³-hybridized carbons (Fsp3) is 0.385. The van der Waals surface area contributed by atoms with E-state index in [4.69, 9.17) is 5.73 Å². The number of rotatable bonds is 4. The molecule has 0 fully saturated rings. The van der Waals surface area contributed by atoms with Crippen LogP contribution in [0.2, 0.25) is 0 Å². The summed E-state index contributed by atoms with van der Waals surface area (Å²) in [5.74, 6) is 0.892. The van der Waals surface area contributed by atoms with E-state index in [1.165, 1.54) is 0 Å². The number of hydrogen-bond acceptors (Lipinski definition) is 4. The van der Waals surface area contributed by atoms with Gasteiger partial charge in [0, 0.05) is 30.2 Å². The second-order valence-corrected chi connectivity index (χ2v) is 5.58. The summed E-state index contributed by atoms with van der Waals surface area (Å²) < 4.78 is 3.96. The standard InChI is InChI=1S/C13H17N5S/c1-3-10(14)8-11-12(18-5-4-9(2)16-18)15-13-17(11)6-7-19-13/h4-7,10H,3,8,14H2,1-2H3. The monoisotopic (exact) mass is 275 g/mol. The molecule has 1 atom stereocenters. The molecule has 3 rings (SSSR count). The molecule has 100 valence electrons. The number of hydrogen-bond donors (Lipinski definition) is 1.